The molecule has 0 unspecified atom stereocenters. The number of unbranched alkanes of at least 4 members (excludes halogenated alkanes) is 3. The highest BCUT2D eigenvalue weighted by Crippen LogP contribution is 2.11. The molecule has 0 bridgehead atoms. The smallest absolute Gasteiger partial charge is 0.309 e. The van der Waals surface area contributed by atoms with Gasteiger partial charge in [-0.25, -0.2) is 0 Å². The Morgan fingerprint density at radius 2 is 1.64 bits per heavy atom. The van der Waals surface area contributed by atoms with Gasteiger partial charge in [-0.15, -0.1) is 0 Å². The number of carbonyl (C=O) groups is 2. The van der Waals surface area contributed by atoms with E-state index in [0.29, 0.717) is 19.7 Å². The van der Waals surface area contributed by atoms with Gasteiger partial charge in [0.05, 0.1) is 6.61 Å². The Morgan fingerprint density at radius 3 is 2.27 bits per heavy atom. The van der Waals surface area contributed by atoms with E-state index in [1.165, 1.54) is 0 Å². The minimum absolute atomic E-state index is 0.328. The van der Waals surface area contributed by atoms with Gasteiger partial charge in [-0.1, -0.05) is 38.3 Å². The van der Waals surface area contributed by atoms with Crippen LogP contribution in [-0.4, -0.2) is 25.0 Å². The lowest BCUT2D eigenvalue weighted by Gasteiger charge is -2.07. The maximum Gasteiger partial charge on any atom is 0.309 e. The fraction of sp³-hybridized carbons (Fsp3) is 0.529. The van der Waals surface area contributed by atoms with E-state index in [0.717, 1.165) is 37.0 Å². The summed E-state index contributed by atoms with van der Waals surface area (Å²) in [6.45, 7) is 5.56. The molecular formula is C17H26N2O3. The molecule has 0 saturated carbocycles. The Bertz CT molecular complexity index is 457. The summed E-state index contributed by atoms with van der Waals surface area (Å²) in [5, 5.41) is 5.24. The molecule has 1 rings (SSSR count). The standard InChI is InChI=1S/C17H26N2O3/c1-3-5-6-7-12-18-16(20)17(21)19-13-14-8-10-15(11-9-14)22-4-2/h8-11H,3-7,12-13H2,1-2H3,(H,18,20)(H,19,21). The first kappa shape index (κ1) is 18.0. The number of benzene rings is 1. The maximum absolute atomic E-state index is 11.7. The second-order valence-electron chi connectivity index (χ2n) is 5.08. The fourth-order valence-electron chi connectivity index (χ4n) is 1.97. The molecule has 5 heteroatoms. The normalized spacial score (nSPS) is 10.1. The number of ether oxygens (including phenoxy) is 1. The van der Waals surface area contributed by atoms with E-state index in [1.807, 2.05) is 31.2 Å². The predicted octanol–water partition coefficient (Wildman–Crippen LogP) is 2.40. The van der Waals surface area contributed by atoms with Gasteiger partial charge in [0.25, 0.3) is 0 Å². The zero-order chi connectivity index (χ0) is 16.2. The van der Waals surface area contributed by atoms with Crippen LogP contribution in [0.2, 0.25) is 0 Å². The van der Waals surface area contributed by atoms with E-state index in [-0.39, 0.29) is 0 Å². The van der Waals surface area contributed by atoms with Gasteiger partial charge in [0.15, 0.2) is 0 Å². The summed E-state index contributed by atoms with van der Waals surface area (Å²) in [7, 11) is 0. The Kier molecular flexibility index (Phi) is 8.72. The molecule has 0 aliphatic carbocycles. The number of nitrogens with one attached hydrogen (secondary N) is 2. The van der Waals surface area contributed by atoms with Crippen molar-refractivity contribution >= 4 is 11.8 Å². The quantitative estimate of drug-likeness (QED) is 0.544. The topological polar surface area (TPSA) is 67.4 Å². The molecule has 122 valence electrons. The molecule has 5 nitrogen and oxygen atoms in total. The molecule has 22 heavy (non-hydrogen) atoms. The second-order valence-corrected chi connectivity index (χ2v) is 5.08. The van der Waals surface area contributed by atoms with E-state index >= 15 is 0 Å². The molecule has 0 atom stereocenters. The van der Waals surface area contributed by atoms with E-state index in [9.17, 15) is 9.59 Å². The van der Waals surface area contributed by atoms with Crippen LogP contribution in [0.4, 0.5) is 0 Å². The van der Waals surface area contributed by atoms with E-state index in [1.54, 1.807) is 0 Å². The van der Waals surface area contributed by atoms with E-state index in [2.05, 4.69) is 17.6 Å². The summed E-state index contributed by atoms with van der Waals surface area (Å²) in [6.07, 6.45) is 4.28. The second kappa shape index (κ2) is 10.7. The first-order valence-electron chi connectivity index (χ1n) is 7.95. The van der Waals surface area contributed by atoms with Crippen LogP contribution in [-0.2, 0) is 16.1 Å². The molecular weight excluding hydrogens is 280 g/mol. The van der Waals surface area contributed by atoms with Crippen LogP contribution in [0, 0.1) is 0 Å². The monoisotopic (exact) mass is 306 g/mol. The zero-order valence-corrected chi connectivity index (χ0v) is 13.5. The molecule has 0 spiro atoms. The first-order valence-corrected chi connectivity index (χ1v) is 7.95. The van der Waals surface area contributed by atoms with Crippen LogP contribution >= 0.6 is 0 Å². The molecule has 2 N–H and O–H groups in total. The van der Waals surface area contributed by atoms with Crippen LogP contribution < -0.4 is 15.4 Å². The number of carbonyl (C=O) groups excluding carboxylic acids is 2. The molecule has 0 aliphatic heterocycles. The van der Waals surface area contributed by atoms with Gasteiger partial charge >= 0.3 is 11.8 Å². The highest BCUT2D eigenvalue weighted by atomic mass is 16.5. The van der Waals surface area contributed by atoms with Crippen molar-refractivity contribution in [3.8, 4) is 5.75 Å². The van der Waals surface area contributed by atoms with Crippen LogP contribution in [0.1, 0.15) is 45.1 Å². The molecule has 1 aromatic rings. The zero-order valence-electron chi connectivity index (χ0n) is 13.5. The van der Waals surface area contributed by atoms with Crippen molar-refractivity contribution < 1.29 is 14.3 Å². The average Bonchev–Trinajstić information content (AvgIpc) is 2.53. The van der Waals surface area contributed by atoms with Crippen LogP contribution in [0.3, 0.4) is 0 Å². The lowest BCUT2D eigenvalue weighted by molar-refractivity contribution is -0.139. The molecule has 0 fully saturated rings. The van der Waals surface area contributed by atoms with Gasteiger partial charge in [-0.05, 0) is 31.0 Å². The summed E-state index contributed by atoms with van der Waals surface area (Å²) in [5.41, 5.74) is 0.924. The van der Waals surface area contributed by atoms with Crippen molar-refractivity contribution in [2.45, 2.75) is 46.1 Å². The number of rotatable bonds is 9. The van der Waals surface area contributed by atoms with Crippen molar-refractivity contribution in [1.29, 1.82) is 0 Å². The molecule has 2 amide bonds. The molecule has 1 aromatic carbocycles. The van der Waals surface area contributed by atoms with Crippen molar-refractivity contribution in [3.05, 3.63) is 29.8 Å². The summed E-state index contributed by atoms with van der Waals surface area (Å²) < 4.78 is 5.35. The molecule has 0 aliphatic rings. The molecule has 0 radical (unpaired) electrons. The maximum atomic E-state index is 11.7. The van der Waals surface area contributed by atoms with Crippen molar-refractivity contribution in [2.75, 3.05) is 13.2 Å². The van der Waals surface area contributed by atoms with Crippen LogP contribution in [0.5, 0.6) is 5.75 Å². The van der Waals surface area contributed by atoms with Gasteiger partial charge in [0.2, 0.25) is 0 Å². The third-order valence-electron chi connectivity index (χ3n) is 3.21. The highest BCUT2D eigenvalue weighted by molar-refractivity contribution is 6.35. The Morgan fingerprint density at radius 1 is 0.955 bits per heavy atom. The molecule has 0 aromatic heterocycles. The number of hydrogen-bond acceptors (Lipinski definition) is 3. The third-order valence-corrected chi connectivity index (χ3v) is 3.21. The Balaban J connectivity index is 2.25. The SMILES string of the molecule is CCCCCCNC(=O)C(=O)NCc1ccc(OCC)cc1. The van der Waals surface area contributed by atoms with E-state index in [4.69, 9.17) is 4.74 Å². The van der Waals surface area contributed by atoms with Gasteiger partial charge < -0.3 is 15.4 Å². The Labute approximate surface area is 132 Å². The molecule has 0 saturated heterocycles. The highest BCUT2D eigenvalue weighted by Gasteiger charge is 2.11. The van der Waals surface area contributed by atoms with Crippen molar-refractivity contribution in [2.24, 2.45) is 0 Å². The first-order chi connectivity index (χ1) is 10.7. The fourth-order valence-corrected chi connectivity index (χ4v) is 1.97. The van der Waals surface area contributed by atoms with Crippen LogP contribution in [0.25, 0.3) is 0 Å². The van der Waals surface area contributed by atoms with Gasteiger partial charge in [-0.2, -0.15) is 0 Å². The summed E-state index contributed by atoms with van der Waals surface area (Å²) in [4.78, 5) is 23.3. The van der Waals surface area contributed by atoms with Crippen molar-refractivity contribution in [3.63, 3.8) is 0 Å². The van der Waals surface area contributed by atoms with Gasteiger partial charge in [0, 0.05) is 13.1 Å². The largest absolute Gasteiger partial charge is 0.494 e. The summed E-state index contributed by atoms with van der Waals surface area (Å²) in [5.74, 6) is -0.366. The van der Waals surface area contributed by atoms with Gasteiger partial charge in [0.1, 0.15) is 5.75 Å². The number of amides is 2. The predicted molar refractivity (Wildman–Crippen MR) is 86.6 cm³/mol. The van der Waals surface area contributed by atoms with Crippen molar-refractivity contribution in [1.82, 2.24) is 10.6 Å². The van der Waals surface area contributed by atoms with Crippen LogP contribution in [0.15, 0.2) is 24.3 Å². The third kappa shape index (κ3) is 7.11. The minimum Gasteiger partial charge on any atom is -0.494 e. The van der Waals surface area contributed by atoms with E-state index < -0.39 is 11.8 Å². The average molecular weight is 306 g/mol. The minimum atomic E-state index is -0.593. The number of hydrogen-bond donors (Lipinski definition) is 2. The summed E-state index contributed by atoms with van der Waals surface area (Å²) >= 11 is 0. The lowest BCUT2D eigenvalue weighted by Crippen LogP contribution is -2.39. The lowest BCUT2D eigenvalue weighted by atomic mass is 10.2. The summed E-state index contributed by atoms with van der Waals surface area (Å²) in [6, 6.07) is 7.43. The Hall–Kier alpha value is -2.04. The molecule has 0 heterocycles. The van der Waals surface area contributed by atoms with Gasteiger partial charge in [-0.3, -0.25) is 9.59 Å².